The van der Waals surface area contributed by atoms with E-state index in [2.05, 4.69) is 46.3 Å². The maximum absolute atomic E-state index is 13.2. The lowest BCUT2D eigenvalue weighted by molar-refractivity contribution is -0.118. The van der Waals surface area contributed by atoms with Crippen LogP contribution in [0.2, 0.25) is 0 Å². The highest BCUT2D eigenvalue weighted by Gasteiger charge is 2.67. The van der Waals surface area contributed by atoms with Crippen LogP contribution in [0.25, 0.3) is 0 Å². The Hall–Kier alpha value is -3.15. The number of amides is 1. The van der Waals surface area contributed by atoms with Crippen LogP contribution in [-0.4, -0.2) is 68.6 Å². The highest BCUT2D eigenvalue weighted by Crippen LogP contribution is 2.65. The van der Waals surface area contributed by atoms with Crippen molar-refractivity contribution in [1.29, 1.82) is 0 Å². The number of carbonyl (C=O) groups is 1. The van der Waals surface area contributed by atoms with Crippen LogP contribution < -0.4 is 35.9 Å². The summed E-state index contributed by atoms with van der Waals surface area (Å²) in [5.41, 5.74) is 8.75. The zero-order valence-corrected chi connectivity index (χ0v) is 24.3. The molecule has 11 heteroatoms. The summed E-state index contributed by atoms with van der Waals surface area (Å²) in [7, 11) is 3.37. The van der Waals surface area contributed by atoms with Gasteiger partial charge in [-0.05, 0) is 61.3 Å². The van der Waals surface area contributed by atoms with E-state index in [-0.39, 0.29) is 18.0 Å². The smallest absolute Gasteiger partial charge is 0.235 e. The number of hydrogen-bond acceptors (Lipinski definition) is 10. The molecule has 0 bridgehead atoms. The first-order valence-corrected chi connectivity index (χ1v) is 15.0. The number of rotatable bonds is 7. The van der Waals surface area contributed by atoms with E-state index in [9.17, 15) is 4.79 Å². The number of anilines is 3. The largest absolute Gasteiger partial charge is 0.497 e. The third kappa shape index (κ3) is 4.40. The molecular formula is C30H41N7O4. The average Bonchev–Trinajstić information content (AvgIpc) is 3.55. The van der Waals surface area contributed by atoms with Gasteiger partial charge in [0.25, 0.3) is 0 Å². The third-order valence-electron chi connectivity index (χ3n) is 9.93. The predicted molar refractivity (Wildman–Crippen MR) is 155 cm³/mol. The van der Waals surface area contributed by atoms with Crippen LogP contribution in [-0.2, 0) is 14.9 Å². The topological polar surface area (TPSA) is 122 Å². The fraction of sp³-hybridized carbons (Fsp3) is 0.633. The van der Waals surface area contributed by atoms with Crippen molar-refractivity contribution in [3.63, 3.8) is 0 Å². The van der Waals surface area contributed by atoms with E-state index in [1.165, 1.54) is 0 Å². The number of aromatic nitrogens is 2. The van der Waals surface area contributed by atoms with Gasteiger partial charge in [-0.15, -0.1) is 0 Å². The Kier molecular flexibility index (Phi) is 6.71. The van der Waals surface area contributed by atoms with Gasteiger partial charge in [0.2, 0.25) is 11.7 Å². The zero-order valence-electron chi connectivity index (χ0n) is 24.3. The maximum atomic E-state index is 13.2. The van der Waals surface area contributed by atoms with Gasteiger partial charge in [0.15, 0.2) is 11.6 Å². The van der Waals surface area contributed by atoms with Crippen LogP contribution in [0.1, 0.15) is 56.8 Å². The molecule has 4 heterocycles. The lowest BCUT2D eigenvalue weighted by atomic mass is 9.74. The Balaban J connectivity index is 1.08. The van der Waals surface area contributed by atoms with Gasteiger partial charge in [0, 0.05) is 36.7 Å². The lowest BCUT2D eigenvalue weighted by Gasteiger charge is -2.34. The first-order chi connectivity index (χ1) is 19.9. The van der Waals surface area contributed by atoms with Crippen molar-refractivity contribution in [1.82, 2.24) is 20.8 Å². The zero-order chi connectivity index (χ0) is 28.3. The van der Waals surface area contributed by atoms with Crippen LogP contribution in [0.3, 0.4) is 0 Å². The molecule has 41 heavy (non-hydrogen) atoms. The van der Waals surface area contributed by atoms with E-state index in [0.717, 1.165) is 73.2 Å². The SMILES string of the molecule is COc1ccc2c(c1)[C@]1(C[C@H]1C1CCC3C(C1)NNC3Nc1nc(C(C)C)nc(N3CCOCC3)c1OC)C(=O)N2. The highest BCUT2D eigenvalue weighted by atomic mass is 16.5. The number of ether oxygens (including phenoxy) is 3. The summed E-state index contributed by atoms with van der Waals surface area (Å²) in [6.45, 7) is 7.13. The van der Waals surface area contributed by atoms with Crippen molar-refractivity contribution in [3.8, 4) is 11.5 Å². The fourth-order valence-electron chi connectivity index (χ4n) is 7.65. The Labute approximate surface area is 241 Å². The summed E-state index contributed by atoms with van der Waals surface area (Å²) < 4.78 is 17.0. The van der Waals surface area contributed by atoms with Gasteiger partial charge in [0.05, 0.1) is 39.0 Å². The summed E-state index contributed by atoms with van der Waals surface area (Å²) in [5, 5.41) is 6.83. The fourth-order valence-corrected chi connectivity index (χ4v) is 7.65. The van der Waals surface area contributed by atoms with Crippen molar-refractivity contribution < 1.29 is 19.0 Å². The number of nitrogens with zero attached hydrogens (tertiary/aromatic N) is 3. The molecule has 2 aromatic rings. The Morgan fingerprint density at radius 1 is 1.12 bits per heavy atom. The number of carbonyl (C=O) groups excluding carboxylic acids is 1. The molecule has 2 aliphatic carbocycles. The van der Waals surface area contributed by atoms with Crippen LogP contribution in [0.4, 0.5) is 17.3 Å². The van der Waals surface area contributed by atoms with Gasteiger partial charge >= 0.3 is 0 Å². The normalized spacial score (nSPS) is 32.1. The number of morpholine rings is 1. The monoisotopic (exact) mass is 563 g/mol. The molecule has 1 amide bonds. The molecule has 4 N–H and O–H groups in total. The van der Waals surface area contributed by atoms with Crippen molar-refractivity contribution in [2.75, 3.05) is 56.1 Å². The van der Waals surface area contributed by atoms with E-state index < -0.39 is 5.41 Å². The molecule has 7 rings (SSSR count). The molecule has 6 atom stereocenters. The number of benzene rings is 1. The maximum Gasteiger partial charge on any atom is 0.235 e. The second-order valence-electron chi connectivity index (χ2n) is 12.4. The summed E-state index contributed by atoms with van der Waals surface area (Å²) in [6, 6.07) is 6.26. The molecule has 1 aromatic heterocycles. The molecular weight excluding hydrogens is 522 g/mol. The first-order valence-electron chi connectivity index (χ1n) is 15.0. The van der Waals surface area contributed by atoms with Crippen molar-refractivity contribution in [3.05, 3.63) is 29.6 Å². The minimum absolute atomic E-state index is 0.00947. The molecule has 1 spiro atoms. The molecule has 11 nitrogen and oxygen atoms in total. The van der Waals surface area contributed by atoms with E-state index >= 15 is 0 Å². The van der Waals surface area contributed by atoms with E-state index in [4.69, 9.17) is 24.2 Å². The molecule has 4 fully saturated rings. The number of fused-ring (bicyclic) bond motifs is 3. The third-order valence-corrected chi connectivity index (χ3v) is 9.93. The quantitative estimate of drug-likeness (QED) is 0.400. The molecule has 5 aliphatic rings. The number of hydrazine groups is 1. The molecule has 1 aromatic carbocycles. The van der Waals surface area contributed by atoms with Gasteiger partial charge in [-0.3, -0.25) is 10.2 Å². The Morgan fingerprint density at radius 2 is 1.95 bits per heavy atom. The van der Waals surface area contributed by atoms with Gasteiger partial charge in [-0.1, -0.05) is 13.8 Å². The van der Waals surface area contributed by atoms with Gasteiger partial charge in [0.1, 0.15) is 11.6 Å². The lowest BCUT2D eigenvalue weighted by Crippen LogP contribution is -2.40. The first kappa shape index (κ1) is 26.7. The minimum Gasteiger partial charge on any atom is -0.497 e. The number of nitrogens with one attached hydrogen (secondary N) is 4. The average molecular weight is 564 g/mol. The highest BCUT2D eigenvalue weighted by molar-refractivity contribution is 6.09. The minimum atomic E-state index is -0.400. The van der Waals surface area contributed by atoms with Crippen LogP contribution in [0.5, 0.6) is 11.5 Å². The van der Waals surface area contributed by atoms with E-state index in [1.54, 1.807) is 14.2 Å². The Morgan fingerprint density at radius 3 is 2.71 bits per heavy atom. The summed E-state index contributed by atoms with van der Waals surface area (Å²) >= 11 is 0. The molecule has 4 unspecified atom stereocenters. The van der Waals surface area contributed by atoms with Crippen molar-refractivity contribution in [2.45, 2.75) is 63.1 Å². The second kappa shape index (κ2) is 10.3. The number of hydrogen-bond donors (Lipinski definition) is 4. The van der Waals surface area contributed by atoms with E-state index in [1.807, 2.05) is 12.1 Å². The molecule has 2 saturated heterocycles. The van der Waals surface area contributed by atoms with E-state index in [0.29, 0.717) is 42.8 Å². The summed E-state index contributed by atoms with van der Waals surface area (Å²) in [4.78, 5) is 25.3. The molecule has 3 aliphatic heterocycles. The standard InChI is InChI=1S/C30H41N7O4/c1-16(2)25-32-27(24(40-4)28(34-25)37-9-11-41-12-10-37)33-26-19-7-5-17(13-23(19)35-36-26)21-15-30(21)20-14-18(39-3)6-8-22(20)31-29(30)38/h6,8,14,16-17,19,21,23,26,35-36H,5,7,9-13,15H2,1-4H3,(H,31,38)(H,32,33,34)/t17?,19?,21-,23?,26?,30-/m0/s1. The van der Waals surface area contributed by atoms with Crippen LogP contribution >= 0.6 is 0 Å². The number of methoxy groups -OCH3 is 2. The predicted octanol–water partition coefficient (Wildman–Crippen LogP) is 2.99. The van der Waals surface area contributed by atoms with Crippen LogP contribution in [0, 0.1) is 17.8 Å². The summed E-state index contributed by atoms with van der Waals surface area (Å²) in [6.07, 6.45) is 4.12. The molecule has 0 radical (unpaired) electrons. The molecule has 2 saturated carbocycles. The summed E-state index contributed by atoms with van der Waals surface area (Å²) in [5.74, 6) is 5.40. The van der Waals surface area contributed by atoms with Gasteiger partial charge < -0.3 is 29.7 Å². The van der Waals surface area contributed by atoms with Crippen LogP contribution in [0.15, 0.2) is 18.2 Å². The molecule has 220 valence electrons. The van der Waals surface area contributed by atoms with Gasteiger partial charge in [-0.25, -0.2) is 15.4 Å². The second-order valence-corrected chi connectivity index (χ2v) is 12.4. The Bertz CT molecular complexity index is 1330. The van der Waals surface area contributed by atoms with Crippen molar-refractivity contribution >= 4 is 23.2 Å². The van der Waals surface area contributed by atoms with Gasteiger partial charge in [-0.2, -0.15) is 0 Å². The van der Waals surface area contributed by atoms with Crippen molar-refractivity contribution in [2.24, 2.45) is 17.8 Å².